The third-order valence-corrected chi connectivity index (χ3v) is 4.45. The van der Waals surface area contributed by atoms with Crippen molar-refractivity contribution in [2.45, 2.75) is 32.4 Å². The van der Waals surface area contributed by atoms with Gasteiger partial charge in [-0.05, 0) is 55.2 Å². The molecule has 5 nitrogen and oxygen atoms in total. The topological polar surface area (TPSA) is 51.7 Å². The molecule has 0 saturated carbocycles. The summed E-state index contributed by atoms with van der Waals surface area (Å²) in [5.41, 5.74) is 2.51. The monoisotopic (exact) mass is 366 g/mol. The van der Waals surface area contributed by atoms with Gasteiger partial charge in [0.2, 0.25) is 0 Å². The average molecular weight is 366 g/mol. The van der Waals surface area contributed by atoms with Gasteiger partial charge in [-0.1, -0.05) is 18.7 Å². The maximum absolute atomic E-state index is 13.4. The van der Waals surface area contributed by atoms with E-state index in [1.807, 2.05) is 48.2 Å². The molecule has 1 aliphatic heterocycles. The van der Waals surface area contributed by atoms with Crippen molar-refractivity contribution in [3.8, 4) is 5.75 Å². The third kappa shape index (κ3) is 5.41. The second-order valence-corrected chi connectivity index (χ2v) is 6.92. The van der Waals surface area contributed by atoms with E-state index >= 15 is 0 Å². The van der Waals surface area contributed by atoms with Gasteiger partial charge in [-0.15, -0.1) is 0 Å². The minimum atomic E-state index is -0.0559. The van der Waals surface area contributed by atoms with Crippen LogP contribution in [0.3, 0.4) is 0 Å². The Morgan fingerprint density at radius 1 is 1.30 bits per heavy atom. The molecule has 27 heavy (non-hydrogen) atoms. The van der Waals surface area contributed by atoms with Crippen molar-refractivity contribution in [2.75, 3.05) is 19.8 Å². The Morgan fingerprint density at radius 3 is 2.78 bits per heavy atom. The van der Waals surface area contributed by atoms with Gasteiger partial charge in [0, 0.05) is 32.1 Å². The van der Waals surface area contributed by atoms with Crippen LogP contribution in [0.15, 0.2) is 60.9 Å². The Balaban J connectivity index is 1.82. The number of nitrogens with zero attached hydrogens (tertiary/aromatic N) is 2. The van der Waals surface area contributed by atoms with Crippen LogP contribution in [0.25, 0.3) is 0 Å². The molecule has 1 aromatic heterocycles. The Hall–Kier alpha value is -2.66. The van der Waals surface area contributed by atoms with Crippen LogP contribution in [0.2, 0.25) is 0 Å². The van der Waals surface area contributed by atoms with E-state index in [2.05, 4.69) is 11.6 Å². The highest BCUT2D eigenvalue weighted by Gasteiger charge is 2.25. The normalized spacial score (nSPS) is 16.1. The summed E-state index contributed by atoms with van der Waals surface area (Å²) in [5.74, 6) is 0.525. The molecule has 0 aliphatic carbocycles. The summed E-state index contributed by atoms with van der Waals surface area (Å²) in [6, 6.07) is 11.2. The predicted molar refractivity (Wildman–Crippen MR) is 105 cm³/mol. The summed E-state index contributed by atoms with van der Waals surface area (Å²) < 4.78 is 11.6. The molecule has 1 aliphatic rings. The minimum Gasteiger partial charge on any atom is -0.488 e. The zero-order valence-corrected chi connectivity index (χ0v) is 15.8. The molecule has 2 aromatic rings. The standard InChI is InChI=1S/C22H26N2O3/c1-17(2)16-27-21-8-4-3-7-20(21)22(25)24(15-19-6-5-13-26-19)14-18-9-11-23-12-10-18/h3-4,7-12,19H,1,5-6,13-16H2,2H3/t19-/m0/s1. The van der Waals surface area contributed by atoms with Gasteiger partial charge in [0.15, 0.2) is 0 Å². The highest BCUT2D eigenvalue weighted by molar-refractivity contribution is 5.97. The zero-order chi connectivity index (χ0) is 19.1. The van der Waals surface area contributed by atoms with Crippen LogP contribution in [-0.4, -0.2) is 41.7 Å². The predicted octanol–water partition coefficient (Wildman–Crippen LogP) is 3.86. The van der Waals surface area contributed by atoms with E-state index in [1.165, 1.54) is 0 Å². The Morgan fingerprint density at radius 2 is 2.07 bits per heavy atom. The summed E-state index contributed by atoms with van der Waals surface area (Å²) in [7, 11) is 0. The number of ether oxygens (including phenoxy) is 2. The number of benzene rings is 1. The highest BCUT2D eigenvalue weighted by Crippen LogP contribution is 2.23. The molecule has 0 N–H and O–H groups in total. The van der Waals surface area contributed by atoms with Crippen molar-refractivity contribution in [2.24, 2.45) is 0 Å². The van der Waals surface area contributed by atoms with Crippen molar-refractivity contribution in [1.82, 2.24) is 9.88 Å². The fraction of sp³-hybridized carbons (Fsp3) is 0.364. The lowest BCUT2D eigenvalue weighted by atomic mass is 10.1. The molecule has 0 bridgehead atoms. The minimum absolute atomic E-state index is 0.0559. The van der Waals surface area contributed by atoms with Crippen LogP contribution in [0.5, 0.6) is 5.75 Å². The summed E-state index contributed by atoms with van der Waals surface area (Å²) in [5, 5.41) is 0. The maximum Gasteiger partial charge on any atom is 0.258 e. The summed E-state index contributed by atoms with van der Waals surface area (Å²) in [6.45, 7) is 7.99. The van der Waals surface area contributed by atoms with Crippen LogP contribution < -0.4 is 4.74 Å². The Labute approximate surface area is 160 Å². The number of aromatic nitrogens is 1. The first-order chi connectivity index (χ1) is 13.1. The van der Waals surface area contributed by atoms with Crippen LogP contribution in [0, 0.1) is 0 Å². The number of carbonyl (C=O) groups is 1. The molecule has 0 radical (unpaired) electrons. The second kappa shape index (κ2) is 9.33. The van der Waals surface area contributed by atoms with Crippen molar-refractivity contribution in [3.63, 3.8) is 0 Å². The van der Waals surface area contributed by atoms with Gasteiger partial charge < -0.3 is 14.4 Å². The molecule has 2 heterocycles. The molecular formula is C22H26N2O3. The van der Waals surface area contributed by atoms with Gasteiger partial charge in [-0.25, -0.2) is 0 Å². The molecule has 5 heteroatoms. The lowest BCUT2D eigenvalue weighted by Crippen LogP contribution is -2.37. The van der Waals surface area contributed by atoms with Gasteiger partial charge in [0.1, 0.15) is 12.4 Å². The second-order valence-electron chi connectivity index (χ2n) is 6.92. The summed E-state index contributed by atoms with van der Waals surface area (Å²) in [4.78, 5) is 19.3. The summed E-state index contributed by atoms with van der Waals surface area (Å²) in [6.07, 6.45) is 5.59. The quantitative estimate of drug-likeness (QED) is 0.666. The van der Waals surface area contributed by atoms with Crippen molar-refractivity contribution >= 4 is 5.91 Å². The molecule has 0 unspecified atom stereocenters. The van der Waals surface area contributed by atoms with Gasteiger partial charge in [0.05, 0.1) is 11.7 Å². The molecule has 1 fully saturated rings. The number of amides is 1. The van der Waals surface area contributed by atoms with Crippen LogP contribution in [-0.2, 0) is 11.3 Å². The molecular weight excluding hydrogens is 340 g/mol. The van der Waals surface area contributed by atoms with Crippen LogP contribution >= 0.6 is 0 Å². The largest absolute Gasteiger partial charge is 0.488 e. The first kappa shape index (κ1) is 19.1. The zero-order valence-electron chi connectivity index (χ0n) is 15.8. The molecule has 1 aromatic carbocycles. The number of carbonyl (C=O) groups excluding carboxylic acids is 1. The summed E-state index contributed by atoms with van der Waals surface area (Å²) >= 11 is 0. The lowest BCUT2D eigenvalue weighted by molar-refractivity contribution is 0.0504. The average Bonchev–Trinajstić information content (AvgIpc) is 3.19. The van der Waals surface area contributed by atoms with E-state index in [-0.39, 0.29) is 12.0 Å². The van der Waals surface area contributed by atoms with E-state index in [1.54, 1.807) is 12.4 Å². The van der Waals surface area contributed by atoms with E-state index in [0.29, 0.717) is 31.0 Å². The molecule has 1 amide bonds. The SMILES string of the molecule is C=C(C)COc1ccccc1C(=O)N(Cc1ccncc1)C[C@@H]1CCCO1. The first-order valence-electron chi connectivity index (χ1n) is 9.29. The Kier molecular flexibility index (Phi) is 6.60. The first-order valence-corrected chi connectivity index (χ1v) is 9.29. The number of pyridine rings is 1. The van der Waals surface area contributed by atoms with Crippen molar-refractivity contribution in [3.05, 3.63) is 72.1 Å². The van der Waals surface area contributed by atoms with E-state index in [9.17, 15) is 4.79 Å². The molecule has 3 rings (SSSR count). The lowest BCUT2D eigenvalue weighted by Gasteiger charge is -2.26. The van der Waals surface area contributed by atoms with E-state index < -0.39 is 0 Å². The fourth-order valence-corrected chi connectivity index (χ4v) is 3.10. The number of rotatable bonds is 8. The molecule has 1 atom stereocenters. The van der Waals surface area contributed by atoms with Crippen LogP contribution in [0.4, 0.5) is 0 Å². The smallest absolute Gasteiger partial charge is 0.258 e. The van der Waals surface area contributed by atoms with Crippen molar-refractivity contribution in [1.29, 1.82) is 0 Å². The molecule has 0 spiro atoms. The van der Waals surface area contributed by atoms with E-state index in [4.69, 9.17) is 9.47 Å². The maximum atomic E-state index is 13.4. The van der Waals surface area contributed by atoms with Gasteiger partial charge in [-0.2, -0.15) is 0 Å². The highest BCUT2D eigenvalue weighted by atomic mass is 16.5. The van der Waals surface area contributed by atoms with Gasteiger partial charge in [0.25, 0.3) is 5.91 Å². The Bertz CT molecular complexity index is 770. The van der Waals surface area contributed by atoms with E-state index in [0.717, 1.165) is 30.6 Å². The molecule has 142 valence electrons. The number of hydrogen-bond acceptors (Lipinski definition) is 4. The third-order valence-electron chi connectivity index (χ3n) is 4.45. The van der Waals surface area contributed by atoms with Crippen molar-refractivity contribution < 1.29 is 14.3 Å². The van der Waals surface area contributed by atoms with Crippen LogP contribution in [0.1, 0.15) is 35.7 Å². The van der Waals surface area contributed by atoms with Gasteiger partial charge in [-0.3, -0.25) is 9.78 Å². The molecule has 1 saturated heterocycles. The fourth-order valence-electron chi connectivity index (χ4n) is 3.10. The number of para-hydroxylation sites is 1. The number of hydrogen-bond donors (Lipinski definition) is 0. The van der Waals surface area contributed by atoms with Gasteiger partial charge >= 0.3 is 0 Å².